The summed E-state index contributed by atoms with van der Waals surface area (Å²) in [7, 11) is 1.66. The number of methoxy groups -OCH3 is 1. The lowest BCUT2D eigenvalue weighted by molar-refractivity contribution is 0.0938. The lowest BCUT2D eigenvalue weighted by Crippen LogP contribution is -2.34. The Morgan fingerprint density at radius 3 is 2.38 bits per heavy atom. The highest BCUT2D eigenvalue weighted by Gasteiger charge is 2.24. The van der Waals surface area contributed by atoms with E-state index in [2.05, 4.69) is 11.4 Å². The highest BCUT2D eigenvalue weighted by molar-refractivity contribution is 7.21. The molecule has 5 rings (SSSR count). The van der Waals surface area contributed by atoms with E-state index in [4.69, 9.17) is 15.5 Å². The molecular weight excluding hydrogens is 442 g/mol. The molecule has 0 aliphatic heterocycles. The van der Waals surface area contributed by atoms with Crippen LogP contribution in [0.5, 0.6) is 5.75 Å². The number of fused-ring (bicyclic) bond motifs is 1. The molecule has 0 saturated heterocycles. The predicted octanol–water partition coefficient (Wildman–Crippen LogP) is 6.67. The molecule has 0 spiro atoms. The molecule has 3 N–H and O–H groups in total. The number of nitrogens with two attached hydrogens (primary N) is 1. The molecular formula is C28H29N3O2S. The minimum absolute atomic E-state index is 0.0886. The van der Waals surface area contributed by atoms with E-state index in [0.717, 1.165) is 64.0 Å². The van der Waals surface area contributed by atoms with Gasteiger partial charge in [-0.1, -0.05) is 68.1 Å². The van der Waals surface area contributed by atoms with E-state index in [-0.39, 0.29) is 11.9 Å². The van der Waals surface area contributed by atoms with Gasteiger partial charge in [-0.3, -0.25) is 4.79 Å². The fraction of sp³-hybridized carbons (Fsp3) is 0.286. The minimum atomic E-state index is -0.0886. The van der Waals surface area contributed by atoms with Crippen LogP contribution in [0.3, 0.4) is 0 Å². The molecule has 2 heterocycles. The van der Waals surface area contributed by atoms with Gasteiger partial charge in [0.15, 0.2) is 0 Å². The Morgan fingerprint density at radius 1 is 1.00 bits per heavy atom. The Balaban J connectivity index is 1.60. The van der Waals surface area contributed by atoms with Crippen molar-refractivity contribution in [3.63, 3.8) is 0 Å². The number of carbonyl (C=O) groups is 1. The Bertz CT molecular complexity index is 1290. The fourth-order valence-corrected chi connectivity index (χ4v) is 5.74. The second-order valence-corrected chi connectivity index (χ2v) is 9.84. The largest absolute Gasteiger partial charge is 0.497 e. The smallest absolute Gasteiger partial charge is 0.263 e. The number of benzene rings is 2. The molecule has 34 heavy (non-hydrogen) atoms. The van der Waals surface area contributed by atoms with E-state index in [9.17, 15) is 4.79 Å². The summed E-state index contributed by atoms with van der Waals surface area (Å²) in [5.41, 5.74) is 11.0. The monoisotopic (exact) mass is 471 g/mol. The van der Waals surface area contributed by atoms with Crippen molar-refractivity contribution in [1.29, 1.82) is 0 Å². The van der Waals surface area contributed by atoms with Gasteiger partial charge in [-0.05, 0) is 42.2 Å². The summed E-state index contributed by atoms with van der Waals surface area (Å²) in [6.45, 7) is 0. The van der Waals surface area contributed by atoms with Gasteiger partial charge in [-0.15, -0.1) is 11.3 Å². The number of aromatic nitrogens is 1. The highest BCUT2D eigenvalue weighted by atomic mass is 32.1. The Hall–Kier alpha value is -3.38. The molecule has 1 amide bonds. The molecule has 0 unspecified atom stereocenters. The van der Waals surface area contributed by atoms with Crippen LogP contribution in [-0.4, -0.2) is 24.0 Å². The molecule has 0 atom stereocenters. The van der Waals surface area contributed by atoms with Gasteiger partial charge >= 0.3 is 0 Å². The van der Waals surface area contributed by atoms with Crippen molar-refractivity contribution in [2.75, 3.05) is 12.8 Å². The number of rotatable bonds is 5. The summed E-state index contributed by atoms with van der Waals surface area (Å²) in [5, 5.41) is 4.08. The van der Waals surface area contributed by atoms with Crippen LogP contribution < -0.4 is 15.8 Å². The maximum absolute atomic E-state index is 13.3. The first kappa shape index (κ1) is 22.4. The first-order valence-corrected chi connectivity index (χ1v) is 12.7. The van der Waals surface area contributed by atoms with Gasteiger partial charge in [-0.2, -0.15) is 0 Å². The molecule has 1 fully saturated rings. The molecule has 0 bridgehead atoms. The molecule has 5 nitrogen and oxygen atoms in total. The SMILES string of the molecule is COc1ccc(-c2cc(-c3ccccc3)nc3sc(C(=O)NC4CCCCCC4)c(N)c23)cc1. The van der Waals surface area contributed by atoms with Crippen LogP contribution in [0.1, 0.15) is 48.2 Å². The number of carbonyl (C=O) groups excluding carboxylic acids is 1. The standard InChI is InChI=1S/C28H29N3O2S/c1-33-21-15-13-18(14-16-21)22-17-23(19-9-5-4-6-10-19)31-28-24(22)25(29)26(34-28)27(32)30-20-11-7-2-3-8-12-20/h4-6,9-10,13-17,20H,2-3,7-8,11-12,29H2,1H3,(H,30,32). The second kappa shape index (κ2) is 9.85. The quantitative estimate of drug-likeness (QED) is 0.319. The van der Waals surface area contributed by atoms with Crippen LogP contribution in [-0.2, 0) is 0 Å². The molecule has 6 heteroatoms. The molecule has 4 aromatic rings. The van der Waals surface area contributed by atoms with Crippen LogP contribution in [0.25, 0.3) is 32.6 Å². The van der Waals surface area contributed by atoms with Crippen LogP contribution in [0, 0.1) is 0 Å². The van der Waals surface area contributed by atoms with Gasteiger partial charge in [0.25, 0.3) is 5.91 Å². The summed E-state index contributed by atoms with van der Waals surface area (Å²) >= 11 is 1.38. The number of thiophene rings is 1. The summed E-state index contributed by atoms with van der Waals surface area (Å²) in [4.78, 5) is 19.5. The van der Waals surface area contributed by atoms with E-state index >= 15 is 0 Å². The molecule has 1 saturated carbocycles. The third-order valence-corrected chi connectivity index (χ3v) is 7.66. The number of ether oxygens (including phenoxy) is 1. The normalized spacial score (nSPS) is 14.6. The van der Waals surface area contributed by atoms with Crippen molar-refractivity contribution in [1.82, 2.24) is 10.3 Å². The lowest BCUT2D eigenvalue weighted by Gasteiger charge is -2.15. The average Bonchev–Trinajstić information content (AvgIpc) is 3.03. The van der Waals surface area contributed by atoms with E-state index in [1.54, 1.807) is 7.11 Å². The zero-order chi connectivity index (χ0) is 23.5. The number of anilines is 1. The predicted molar refractivity (Wildman–Crippen MR) is 140 cm³/mol. The van der Waals surface area contributed by atoms with Gasteiger partial charge in [0, 0.05) is 17.0 Å². The number of hydrogen-bond acceptors (Lipinski definition) is 5. The number of nitrogens with one attached hydrogen (secondary N) is 1. The lowest BCUT2D eigenvalue weighted by atomic mass is 9.99. The molecule has 2 aromatic heterocycles. The molecule has 0 radical (unpaired) electrons. The topological polar surface area (TPSA) is 77.2 Å². The van der Waals surface area contributed by atoms with Gasteiger partial charge in [0.1, 0.15) is 15.5 Å². The Morgan fingerprint density at radius 2 is 1.71 bits per heavy atom. The Labute approximate surface area is 204 Å². The van der Waals surface area contributed by atoms with Crippen LogP contribution in [0.4, 0.5) is 5.69 Å². The minimum Gasteiger partial charge on any atom is -0.497 e. The first-order valence-electron chi connectivity index (χ1n) is 11.9. The van der Waals surface area contributed by atoms with Crippen LogP contribution in [0.2, 0.25) is 0 Å². The van der Waals surface area contributed by atoms with Crippen molar-refractivity contribution >= 4 is 33.1 Å². The highest BCUT2D eigenvalue weighted by Crippen LogP contribution is 2.41. The van der Waals surface area contributed by atoms with Crippen molar-refractivity contribution in [3.8, 4) is 28.1 Å². The van der Waals surface area contributed by atoms with Crippen molar-refractivity contribution in [2.24, 2.45) is 0 Å². The van der Waals surface area contributed by atoms with Crippen molar-refractivity contribution in [2.45, 2.75) is 44.6 Å². The zero-order valence-corrected chi connectivity index (χ0v) is 20.2. The van der Waals surface area contributed by atoms with E-state index < -0.39 is 0 Å². The van der Waals surface area contributed by atoms with Gasteiger partial charge in [-0.25, -0.2) is 4.98 Å². The number of hydrogen-bond donors (Lipinski definition) is 2. The maximum Gasteiger partial charge on any atom is 0.263 e. The maximum atomic E-state index is 13.3. The van der Waals surface area contributed by atoms with Crippen LogP contribution >= 0.6 is 11.3 Å². The fourth-order valence-electron chi connectivity index (χ4n) is 4.72. The molecule has 2 aromatic carbocycles. The summed E-state index contributed by atoms with van der Waals surface area (Å²) in [5.74, 6) is 0.702. The summed E-state index contributed by atoms with van der Waals surface area (Å²) < 4.78 is 5.34. The average molecular weight is 472 g/mol. The van der Waals surface area contributed by atoms with Gasteiger partial charge < -0.3 is 15.8 Å². The van der Waals surface area contributed by atoms with E-state index in [1.807, 2.05) is 54.6 Å². The molecule has 1 aliphatic rings. The Kier molecular flexibility index (Phi) is 6.50. The van der Waals surface area contributed by atoms with Gasteiger partial charge in [0.2, 0.25) is 0 Å². The third-order valence-electron chi connectivity index (χ3n) is 6.57. The first-order chi connectivity index (χ1) is 16.6. The zero-order valence-electron chi connectivity index (χ0n) is 19.3. The van der Waals surface area contributed by atoms with Crippen molar-refractivity contribution < 1.29 is 9.53 Å². The number of nitrogen functional groups attached to an aromatic ring is 1. The third kappa shape index (κ3) is 4.50. The van der Waals surface area contributed by atoms with Crippen LogP contribution in [0.15, 0.2) is 60.7 Å². The molecule has 174 valence electrons. The summed E-state index contributed by atoms with van der Waals surface area (Å²) in [6.07, 6.45) is 6.88. The van der Waals surface area contributed by atoms with Gasteiger partial charge in [0.05, 0.1) is 18.5 Å². The number of amides is 1. The number of nitrogens with zero attached hydrogens (tertiary/aromatic N) is 1. The van der Waals surface area contributed by atoms with Crippen molar-refractivity contribution in [3.05, 3.63) is 65.5 Å². The van der Waals surface area contributed by atoms with E-state index in [0.29, 0.717) is 10.6 Å². The molecule has 1 aliphatic carbocycles. The second-order valence-electron chi connectivity index (χ2n) is 8.84. The number of pyridine rings is 1. The van der Waals surface area contributed by atoms with E-state index in [1.165, 1.54) is 24.2 Å². The summed E-state index contributed by atoms with van der Waals surface area (Å²) in [6, 6.07) is 20.3.